The molecule has 3 rings (SSSR count). The number of fused-ring (bicyclic) bond motifs is 1. The lowest BCUT2D eigenvalue weighted by Crippen LogP contribution is -2.38. The molecule has 1 aromatic carbocycles. The van der Waals surface area contributed by atoms with Gasteiger partial charge in [-0.2, -0.15) is 0 Å². The Morgan fingerprint density at radius 2 is 2.09 bits per heavy atom. The third kappa shape index (κ3) is 3.62. The number of esters is 1. The molecule has 2 aromatic rings. The van der Waals surface area contributed by atoms with Crippen LogP contribution in [0.2, 0.25) is 0 Å². The maximum atomic E-state index is 12.0. The Bertz CT molecular complexity index is 677. The Kier molecular flexibility index (Phi) is 4.68. The second kappa shape index (κ2) is 6.87. The Morgan fingerprint density at radius 3 is 2.91 bits per heavy atom. The van der Waals surface area contributed by atoms with E-state index < -0.39 is 5.97 Å². The molecular formula is C16H18N2O3S. The zero-order valence-corrected chi connectivity index (χ0v) is 13.0. The molecule has 0 radical (unpaired) electrons. The number of ether oxygens (including phenoxy) is 1. The number of amides is 1. The molecule has 0 aliphatic heterocycles. The maximum Gasteiger partial charge on any atom is 0.338 e. The highest BCUT2D eigenvalue weighted by Crippen LogP contribution is 2.20. The molecule has 1 aromatic heterocycles. The number of carbonyl (C=O) groups is 2. The van der Waals surface area contributed by atoms with Crippen LogP contribution in [-0.4, -0.2) is 29.5 Å². The highest BCUT2D eigenvalue weighted by Gasteiger charge is 2.17. The first-order chi connectivity index (χ1) is 10.7. The zero-order valence-electron chi connectivity index (χ0n) is 12.2. The number of aromatic nitrogens is 1. The van der Waals surface area contributed by atoms with Crippen LogP contribution in [0.3, 0.4) is 0 Å². The van der Waals surface area contributed by atoms with Gasteiger partial charge in [0.15, 0.2) is 6.61 Å². The topological polar surface area (TPSA) is 68.3 Å². The van der Waals surface area contributed by atoms with Crippen molar-refractivity contribution in [1.29, 1.82) is 0 Å². The Hall–Kier alpha value is -1.95. The molecule has 5 nitrogen and oxygen atoms in total. The van der Waals surface area contributed by atoms with Gasteiger partial charge in [-0.15, -0.1) is 11.3 Å². The van der Waals surface area contributed by atoms with Crippen LogP contribution in [0.25, 0.3) is 10.2 Å². The van der Waals surface area contributed by atoms with Gasteiger partial charge in [-0.25, -0.2) is 9.78 Å². The van der Waals surface area contributed by atoms with Crippen LogP contribution in [0.5, 0.6) is 0 Å². The summed E-state index contributed by atoms with van der Waals surface area (Å²) in [6.45, 7) is -0.226. The van der Waals surface area contributed by atoms with Crippen molar-refractivity contribution in [3.05, 3.63) is 29.3 Å². The number of rotatable bonds is 4. The van der Waals surface area contributed by atoms with E-state index in [2.05, 4.69) is 10.3 Å². The number of benzene rings is 1. The van der Waals surface area contributed by atoms with Crippen molar-refractivity contribution in [1.82, 2.24) is 10.3 Å². The first kappa shape index (κ1) is 15.0. The summed E-state index contributed by atoms with van der Waals surface area (Å²) in [7, 11) is 0. The van der Waals surface area contributed by atoms with Crippen molar-refractivity contribution in [3.63, 3.8) is 0 Å². The number of nitrogens with one attached hydrogen (secondary N) is 1. The standard InChI is InChI=1S/C16H18N2O3S/c19-15(18-12-4-2-1-3-5-12)9-21-16(20)11-6-7-13-14(8-11)22-10-17-13/h6-8,10,12H,1-5,9H2,(H,18,19). The van der Waals surface area contributed by atoms with Crippen molar-refractivity contribution in [2.24, 2.45) is 0 Å². The van der Waals surface area contributed by atoms with Crippen molar-refractivity contribution >= 4 is 33.4 Å². The van der Waals surface area contributed by atoms with Crippen LogP contribution in [0.15, 0.2) is 23.7 Å². The minimum Gasteiger partial charge on any atom is -0.452 e. The molecule has 6 heteroatoms. The fraction of sp³-hybridized carbons (Fsp3) is 0.438. The van der Waals surface area contributed by atoms with E-state index in [0.717, 1.165) is 35.9 Å². The van der Waals surface area contributed by atoms with E-state index >= 15 is 0 Å². The van der Waals surface area contributed by atoms with Gasteiger partial charge < -0.3 is 10.1 Å². The summed E-state index contributed by atoms with van der Waals surface area (Å²) in [6, 6.07) is 5.43. The average Bonchev–Trinajstić information content (AvgIpc) is 3.01. The van der Waals surface area contributed by atoms with E-state index in [1.54, 1.807) is 23.7 Å². The first-order valence-electron chi connectivity index (χ1n) is 7.52. The second-order valence-corrected chi connectivity index (χ2v) is 6.40. The molecule has 1 aliphatic carbocycles. The van der Waals surface area contributed by atoms with Crippen LogP contribution in [-0.2, 0) is 9.53 Å². The van der Waals surface area contributed by atoms with E-state index in [-0.39, 0.29) is 18.6 Å². The number of hydrogen-bond donors (Lipinski definition) is 1. The summed E-state index contributed by atoms with van der Waals surface area (Å²) in [5.74, 6) is -0.701. The zero-order chi connectivity index (χ0) is 15.4. The summed E-state index contributed by atoms with van der Waals surface area (Å²) < 4.78 is 6.02. The van der Waals surface area contributed by atoms with Crippen LogP contribution in [0, 0.1) is 0 Å². The molecule has 0 atom stereocenters. The van der Waals surface area contributed by atoms with Gasteiger partial charge in [0.1, 0.15) is 0 Å². The average molecular weight is 318 g/mol. The summed E-state index contributed by atoms with van der Waals surface area (Å²) in [6.07, 6.45) is 5.57. The molecule has 1 amide bonds. The number of hydrogen-bond acceptors (Lipinski definition) is 5. The second-order valence-electron chi connectivity index (χ2n) is 5.51. The SMILES string of the molecule is O=C(COC(=O)c1ccc2ncsc2c1)NC1CCCCC1. The quantitative estimate of drug-likeness (QED) is 0.880. The third-order valence-corrected chi connectivity index (χ3v) is 4.66. The highest BCUT2D eigenvalue weighted by molar-refractivity contribution is 7.16. The monoisotopic (exact) mass is 318 g/mol. The number of nitrogens with zero attached hydrogens (tertiary/aromatic N) is 1. The smallest absolute Gasteiger partial charge is 0.338 e. The fourth-order valence-electron chi connectivity index (χ4n) is 2.71. The molecule has 1 fully saturated rings. The minimum atomic E-state index is -0.478. The molecule has 0 saturated heterocycles. The fourth-order valence-corrected chi connectivity index (χ4v) is 3.43. The predicted molar refractivity (Wildman–Crippen MR) is 84.9 cm³/mol. The molecule has 1 saturated carbocycles. The Balaban J connectivity index is 1.51. The van der Waals surface area contributed by atoms with E-state index in [1.807, 2.05) is 0 Å². The van der Waals surface area contributed by atoms with Crippen LogP contribution in [0.1, 0.15) is 42.5 Å². The van der Waals surface area contributed by atoms with Gasteiger partial charge >= 0.3 is 5.97 Å². The van der Waals surface area contributed by atoms with Gasteiger partial charge in [0.25, 0.3) is 5.91 Å². The lowest BCUT2D eigenvalue weighted by Gasteiger charge is -2.22. The highest BCUT2D eigenvalue weighted by atomic mass is 32.1. The van der Waals surface area contributed by atoms with Gasteiger partial charge in [0.05, 0.1) is 21.3 Å². The predicted octanol–water partition coefficient (Wildman–Crippen LogP) is 2.90. The van der Waals surface area contributed by atoms with Crippen LogP contribution < -0.4 is 5.32 Å². The van der Waals surface area contributed by atoms with Gasteiger partial charge in [0, 0.05) is 6.04 Å². The molecular weight excluding hydrogens is 300 g/mol. The molecule has 116 valence electrons. The van der Waals surface area contributed by atoms with Crippen molar-refractivity contribution < 1.29 is 14.3 Å². The van der Waals surface area contributed by atoms with Gasteiger partial charge in [-0.1, -0.05) is 19.3 Å². The van der Waals surface area contributed by atoms with E-state index in [9.17, 15) is 9.59 Å². The van der Waals surface area contributed by atoms with Crippen molar-refractivity contribution in [2.45, 2.75) is 38.1 Å². The Morgan fingerprint density at radius 1 is 1.27 bits per heavy atom. The lowest BCUT2D eigenvalue weighted by molar-refractivity contribution is -0.125. The van der Waals surface area contributed by atoms with E-state index in [0.29, 0.717) is 5.56 Å². The maximum absolute atomic E-state index is 12.0. The van der Waals surface area contributed by atoms with Gasteiger partial charge in [-0.3, -0.25) is 4.79 Å². The van der Waals surface area contributed by atoms with Gasteiger partial charge in [-0.05, 0) is 31.0 Å². The number of thiazole rings is 1. The van der Waals surface area contributed by atoms with E-state index in [4.69, 9.17) is 4.74 Å². The third-order valence-electron chi connectivity index (χ3n) is 3.87. The van der Waals surface area contributed by atoms with Crippen LogP contribution in [0.4, 0.5) is 0 Å². The summed E-state index contributed by atoms with van der Waals surface area (Å²) in [5.41, 5.74) is 3.04. The van der Waals surface area contributed by atoms with Crippen molar-refractivity contribution in [2.75, 3.05) is 6.61 Å². The molecule has 0 spiro atoms. The largest absolute Gasteiger partial charge is 0.452 e. The summed E-state index contributed by atoms with van der Waals surface area (Å²) >= 11 is 1.47. The van der Waals surface area contributed by atoms with Crippen LogP contribution >= 0.6 is 11.3 Å². The summed E-state index contributed by atoms with van der Waals surface area (Å²) in [4.78, 5) is 28.0. The lowest BCUT2D eigenvalue weighted by atomic mass is 9.95. The molecule has 1 aliphatic rings. The molecule has 1 heterocycles. The first-order valence-corrected chi connectivity index (χ1v) is 8.40. The van der Waals surface area contributed by atoms with Crippen molar-refractivity contribution in [3.8, 4) is 0 Å². The molecule has 1 N–H and O–H groups in total. The molecule has 0 bridgehead atoms. The molecule has 0 unspecified atom stereocenters. The van der Waals surface area contributed by atoms with Gasteiger partial charge in [0.2, 0.25) is 0 Å². The molecule has 22 heavy (non-hydrogen) atoms. The number of carbonyl (C=O) groups excluding carboxylic acids is 2. The normalized spacial score (nSPS) is 15.6. The minimum absolute atomic E-state index is 0.223. The summed E-state index contributed by atoms with van der Waals surface area (Å²) in [5, 5.41) is 2.93. The van der Waals surface area contributed by atoms with E-state index in [1.165, 1.54) is 17.8 Å². The Labute approximate surface area is 132 Å².